The molecule has 2 aliphatic heterocycles. The van der Waals surface area contributed by atoms with E-state index in [4.69, 9.17) is 5.73 Å². The lowest BCUT2D eigenvalue weighted by Crippen LogP contribution is -2.68. The van der Waals surface area contributed by atoms with Crippen LogP contribution in [0.3, 0.4) is 0 Å². The average Bonchev–Trinajstić information content (AvgIpc) is 2.89. The van der Waals surface area contributed by atoms with Gasteiger partial charge in [0.05, 0.1) is 0 Å². The van der Waals surface area contributed by atoms with E-state index in [1.165, 1.54) is 39.8 Å². The molecular weight excluding hydrogens is 308 g/mol. The van der Waals surface area contributed by atoms with Gasteiger partial charge in [0.2, 0.25) is 5.91 Å². The Bertz CT molecular complexity index is 573. The van der Waals surface area contributed by atoms with Gasteiger partial charge < -0.3 is 10.8 Å². The van der Waals surface area contributed by atoms with Crippen LogP contribution in [-0.4, -0.2) is 49.2 Å². The van der Waals surface area contributed by atoms with E-state index in [0.717, 1.165) is 0 Å². The molecule has 0 aliphatic carbocycles. The molecule has 7 nitrogen and oxygen atoms in total. The predicted octanol–water partition coefficient (Wildman–Crippen LogP) is 0.169. The summed E-state index contributed by atoms with van der Waals surface area (Å²) in [5.74, 6) is -0.948. The van der Waals surface area contributed by atoms with Crippen LogP contribution >= 0.6 is 34.9 Å². The van der Waals surface area contributed by atoms with Crippen LogP contribution in [-0.2, 0) is 9.59 Å². The third-order valence-corrected chi connectivity index (χ3v) is 6.07. The minimum Gasteiger partial charge on any atom is -0.477 e. The first-order valence-electron chi connectivity index (χ1n) is 5.20. The molecule has 3 heterocycles. The highest BCUT2D eigenvalue weighted by Crippen LogP contribution is 2.44. The van der Waals surface area contributed by atoms with Crippen molar-refractivity contribution in [2.45, 2.75) is 15.8 Å². The number of carbonyl (C=O) groups is 2. The largest absolute Gasteiger partial charge is 0.477 e. The van der Waals surface area contributed by atoms with Crippen LogP contribution in [0.5, 0.6) is 0 Å². The van der Waals surface area contributed by atoms with Crippen molar-refractivity contribution in [3.63, 3.8) is 0 Å². The van der Waals surface area contributed by atoms with Crippen molar-refractivity contribution in [3.8, 4) is 0 Å². The summed E-state index contributed by atoms with van der Waals surface area (Å²) in [6, 6.07) is -0.604. The molecule has 10 heteroatoms. The maximum absolute atomic E-state index is 11.7. The molecule has 1 fully saturated rings. The van der Waals surface area contributed by atoms with Crippen LogP contribution in [0.15, 0.2) is 20.5 Å². The molecule has 100 valence electrons. The van der Waals surface area contributed by atoms with E-state index >= 15 is 0 Å². The summed E-state index contributed by atoms with van der Waals surface area (Å²) in [5.41, 5.74) is 7.27. The maximum atomic E-state index is 11.7. The molecule has 1 amide bonds. The number of carboxylic acids is 1. The lowest BCUT2D eigenvalue weighted by Gasteiger charge is -2.47. The lowest BCUT2D eigenvalue weighted by molar-refractivity contribution is -0.147. The smallest absolute Gasteiger partial charge is 0.353 e. The Morgan fingerprint density at radius 1 is 1.63 bits per heavy atom. The van der Waals surface area contributed by atoms with Crippen molar-refractivity contribution in [3.05, 3.63) is 16.1 Å². The van der Waals surface area contributed by atoms with Crippen molar-refractivity contribution >= 4 is 46.7 Å². The average molecular weight is 316 g/mol. The van der Waals surface area contributed by atoms with Gasteiger partial charge in [0.1, 0.15) is 22.6 Å². The quantitative estimate of drug-likeness (QED) is 0.759. The van der Waals surface area contributed by atoms with Crippen LogP contribution in [0, 0.1) is 0 Å². The standard InChI is InChI=1S/C9H8N4O3S3/c10-4-6(14)13-5(8(15)16)3(1-17-7(4)13)19-9-12-11-2-18-9/h2,4,7H,1,10H2,(H,15,16)/t4?,7-/m0/s1. The minimum atomic E-state index is -1.11. The second-order valence-electron chi connectivity index (χ2n) is 3.82. The zero-order valence-corrected chi connectivity index (χ0v) is 11.8. The molecule has 0 aromatic carbocycles. The fourth-order valence-corrected chi connectivity index (χ4v) is 4.94. The second-order valence-corrected chi connectivity index (χ2v) is 7.10. The summed E-state index contributed by atoms with van der Waals surface area (Å²) >= 11 is 4.04. The van der Waals surface area contributed by atoms with Gasteiger partial charge in [-0.3, -0.25) is 9.69 Å². The third kappa shape index (κ3) is 2.04. The molecule has 0 saturated carbocycles. The third-order valence-electron chi connectivity index (χ3n) is 2.73. The Balaban J connectivity index is 1.95. The SMILES string of the molecule is NC1C(=O)N2C(C(=O)O)=C(Sc3nncs3)CS[C@@H]12. The Hall–Kier alpha value is -1.10. The fraction of sp³-hybridized carbons (Fsp3) is 0.333. The molecule has 1 unspecified atom stereocenters. The van der Waals surface area contributed by atoms with E-state index in [1.54, 1.807) is 5.51 Å². The number of thioether (sulfide) groups is 2. The number of aromatic nitrogens is 2. The number of aliphatic carboxylic acids is 1. The number of carbonyl (C=O) groups excluding carboxylic acids is 1. The molecule has 3 rings (SSSR count). The van der Waals surface area contributed by atoms with Gasteiger partial charge in [-0.15, -0.1) is 22.0 Å². The van der Waals surface area contributed by atoms with Crippen LogP contribution in [0.4, 0.5) is 0 Å². The van der Waals surface area contributed by atoms with Gasteiger partial charge >= 0.3 is 5.97 Å². The highest BCUT2D eigenvalue weighted by Gasteiger charge is 2.51. The molecule has 3 N–H and O–H groups in total. The number of amides is 1. The topological polar surface area (TPSA) is 109 Å². The zero-order chi connectivity index (χ0) is 13.6. The monoisotopic (exact) mass is 316 g/mol. The lowest BCUT2D eigenvalue weighted by atomic mass is 10.1. The number of rotatable bonds is 3. The Morgan fingerprint density at radius 3 is 3.05 bits per heavy atom. The van der Waals surface area contributed by atoms with E-state index < -0.39 is 12.0 Å². The van der Waals surface area contributed by atoms with Crippen molar-refractivity contribution < 1.29 is 14.7 Å². The van der Waals surface area contributed by atoms with E-state index in [0.29, 0.717) is 15.0 Å². The number of nitrogens with zero attached hydrogens (tertiary/aromatic N) is 3. The molecule has 19 heavy (non-hydrogen) atoms. The van der Waals surface area contributed by atoms with Crippen molar-refractivity contribution in [2.24, 2.45) is 5.73 Å². The number of hydrogen-bond acceptors (Lipinski definition) is 8. The normalized spacial score (nSPS) is 26.2. The molecule has 0 spiro atoms. The van der Waals surface area contributed by atoms with E-state index in [-0.39, 0.29) is 17.0 Å². The first kappa shape index (κ1) is 12.9. The van der Waals surface area contributed by atoms with Crippen molar-refractivity contribution in [1.82, 2.24) is 15.1 Å². The van der Waals surface area contributed by atoms with Gasteiger partial charge in [-0.2, -0.15) is 0 Å². The van der Waals surface area contributed by atoms with Gasteiger partial charge in [0.15, 0.2) is 4.34 Å². The van der Waals surface area contributed by atoms with Gasteiger partial charge in [-0.25, -0.2) is 4.79 Å². The number of nitrogens with two attached hydrogens (primary N) is 1. The molecule has 1 saturated heterocycles. The maximum Gasteiger partial charge on any atom is 0.353 e. The summed E-state index contributed by atoms with van der Waals surface area (Å²) in [6.45, 7) is 0. The molecular formula is C9H8N4O3S3. The minimum absolute atomic E-state index is 0.0238. The first-order valence-corrected chi connectivity index (χ1v) is 7.95. The summed E-state index contributed by atoms with van der Waals surface area (Å²) in [6.07, 6.45) is 0. The molecule has 2 atom stereocenters. The van der Waals surface area contributed by atoms with Crippen molar-refractivity contribution in [1.29, 1.82) is 0 Å². The number of hydrogen-bond donors (Lipinski definition) is 2. The van der Waals surface area contributed by atoms with E-state index in [1.807, 2.05) is 0 Å². The highest BCUT2D eigenvalue weighted by molar-refractivity contribution is 8.07. The molecule has 0 bridgehead atoms. The predicted molar refractivity (Wildman–Crippen MR) is 71.5 cm³/mol. The first-order chi connectivity index (χ1) is 9.09. The molecule has 1 aromatic heterocycles. The van der Waals surface area contributed by atoms with Crippen LogP contribution < -0.4 is 5.73 Å². The van der Waals surface area contributed by atoms with Crippen molar-refractivity contribution in [2.75, 3.05) is 5.75 Å². The summed E-state index contributed by atoms with van der Waals surface area (Å²) in [7, 11) is 0. The number of β-lactam (4-membered cyclic amide) rings is 1. The zero-order valence-electron chi connectivity index (χ0n) is 9.35. The van der Waals surface area contributed by atoms with Gasteiger partial charge in [-0.1, -0.05) is 23.1 Å². The summed E-state index contributed by atoms with van der Waals surface area (Å²) < 4.78 is 0.657. The van der Waals surface area contributed by atoms with Gasteiger partial charge in [0.25, 0.3) is 0 Å². The molecule has 1 aromatic rings. The second kappa shape index (κ2) is 4.78. The Labute approximate surface area is 120 Å². The van der Waals surface area contributed by atoms with Gasteiger partial charge in [-0.05, 0) is 0 Å². The van der Waals surface area contributed by atoms with E-state index in [2.05, 4.69) is 10.2 Å². The Morgan fingerprint density at radius 2 is 2.42 bits per heavy atom. The summed E-state index contributed by atoms with van der Waals surface area (Å²) in [4.78, 5) is 25.0. The molecule has 0 radical (unpaired) electrons. The van der Waals surface area contributed by atoms with Crippen LogP contribution in [0.25, 0.3) is 0 Å². The highest BCUT2D eigenvalue weighted by atomic mass is 32.2. The van der Waals surface area contributed by atoms with E-state index in [9.17, 15) is 14.7 Å². The molecule has 2 aliphatic rings. The fourth-order valence-electron chi connectivity index (χ4n) is 1.88. The number of fused-ring (bicyclic) bond motifs is 1. The van der Waals surface area contributed by atoms with Crippen LogP contribution in [0.2, 0.25) is 0 Å². The number of carboxylic acid groups (broad SMARTS) is 1. The van der Waals surface area contributed by atoms with Crippen LogP contribution in [0.1, 0.15) is 0 Å². The van der Waals surface area contributed by atoms with Gasteiger partial charge in [0, 0.05) is 10.7 Å². The summed E-state index contributed by atoms with van der Waals surface area (Å²) in [5, 5.41) is 16.6. The Kier molecular flexibility index (Phi) is 3.25.